The largest absolute Gasteiger partial charge is 0.351 e. The van der Waals surface area contributed by atoms with Gasteiger partial charge < -0.3 is 4.90 Å². The topological polar surface area (TPSA) is 50.3 Å². The van der Waals surface area contributed by atoms with Crippen molar-refractivity contribution in [2.24, 2.45) is 0 Å². The molecule has 2 aromatic carbocycles. The van der Waals surface area contributed by atoms with Crippen LogP contribution in [0.1, 0.15) is 5.56 Å². The minimum Gasteiger partial charge on any atom is -0.351 e. The Morgan fingerprint density at radius 1 is 1.04 bits per heavy atom. The highest BCUT2D eigenvalue weighted by Crippen LogP contribution is 2.31. The third-order valence-electron chi connectivity index (χ3n) is 4.33. The van der Waals surface area contributed by atoms with Gasteiger partial charge in [0.1, 0.15) is 5.82 Å². The Bertz CT molecular complexity index is 1080. The van der Waals surface area contributed by atoms with Gasteiger partial charge >= 0.3 is 0 Å². The molecule has 0 atom stereocenters. The molecular formula is C18H14Cl2N2O2S. The van der Waals surface area contributed by atoms with Gasteiger partial charge in [0.05, 0.1) is 21.2 Å². The van der Waals surface area contributed by atoms with Crippen LogP contribution in [0.15, 0.2) is 53.4 Å². The molecule has 0 saturated carbocycles. The Labute approximate surface area is 155 Å². The summed E-state index contributed by atoms with van der Waals surface area (Å²) in [5, 5.41) is 1.92. The number of anilines is 1. The summed E-state index contributed by atoms with van der Waals surface area (Å²) in [4.78, 5) is 7.00. The SMILES string of the molecule is O=S1(=O)CCN(c2cc(Cl)c3cc(Cl)ccc3n2)Cc2ccccc21. The molecule has 1 aliphatic heterocycles. The van der Waals surface area contributed by atoms with Gasteiger partial charge in [-0.3, -0.25) is 0 Å². The molecule has 0 bridgehead atoms. The summed E-state index contributed by atoms with van der Waals surface area (Å²) in [6.45, 7) is 0.831. The summed E-state index contributed by atoms with van der Waals surface area (Å²) in [5.74, 6) is 0.703. The molecule has 4 rings (SSSR count). The standard InChI is InChI=1S/C18H14Cl2N2O2S/c19-13-5-6-16-14(9-13)15(20)10-18(21-16)22-7-8-25(23,24)17-4-2-1-3-12(17)11-22/h1-6,9-10H,7-8,11H2. The molecule has 2 heterocycles. The fourth-order valence-electron chi connectivity index (χ4n) is 3.06. The summed E-state index contributed by atoms with van der Waals surface area (Å²) in [6.07, 6.45) is 0. The second-order valence-electron chi connectivity index (χ2n) is 5.97. The molecule has 0 spiro atoms. The van der Waals surface area contributed by atoms with Crippen LogP contribution in [0.25, 0.3) is 10.9 Å². The van der Waals surface area contributed by atoms with E-state index in [1.54, 1.807) is 30.3 Å². The molecule has 0 aliphatic carbocycles. The number of rotatable bonds is 1. The Kier molecular flexibility index (Phi) is 4.10. The lowest BCUT2D eigenvalue weighted by molar-refractivity contribution is 0.596. The lowest BCUT2D eigenvalue weighted by atomic mass is 10.2. The third-order valence-corrected chi connectivity index (χ3v) is 6.67. The number of nitrogens with zero attached hydrogens (tertiary/aromatic N) is 2. The van der Waals surface area contributed by atoms with Crippen molar-refractivity contribution < 1.29 is 8.42 Å². The zero-order chi connectivity index (χ0) is 17.6. The molecule has 7 heteroatoms. The van der Waals surface area contributed by atoms with Crippen molar-refractivity contribution in [2.75, 3.05) is 17.2 Å². The van der Waals surface area contributed by atoms with Crippen molar-refractivity contribution in [3.05, 3.63) is 64.1 Å². The molecule has 1 aliphatic rings. The Hall–Kier alpha value is -1.82. The first-order chi connectivity index (χ1) is 11.9. The monoisotopic (exact) mass is 392 g/mol. The van der Waals surface area contributed by atoms with E-state index in [1.807, 2.05) is 23.1 Å². The highest BCUT2D eigenvalue weighted by atomic mass is 35.5. The molecule has 0 unspecified atom stereocenters. The normalized spacial score (nSPS) is 16.5. The highest BCUT2D eigenvalue weighted by Gasteiger charge is 2.26. The van der Waals surface area contributed by atoms with Crippen LogP contribution in [-0.4, -0.2) is 25.7 Å². The maximum absolute atomic E-state index is 12.5. The van der Waals surface area contributed by atoms with Crippen LogP contribution in [0.2, 0.25) is 10.0 Å². The van der Waals surface area contributed by atoms with Crippen LogP contribution >= 0.6 is 23.2 Å². The molecule has 128 valence electrons. The summed E-state index contributed by atoms with van der Waals surface area (Å²) in [5.41, 5.74) is 1.50. The average Bonchev–Trinajstić information content (AvgIpc) is 2.72. The molecule has 3 aromatic rings. The van der Waals surface area contributed by atoms with Gasteiger partial charge in [0.25, 0.3) is 0 Å². The minimum atomic E-state index is -3.30. The highest BCUT2D eigenvalue weighted by molar-refractivity contribution is 7.91. The van der Waals surface area contributed by atoms with Gasteiger partial charge in [-0.1, -0.05) is 41.4 Å². The minimum absolute atomic E-state index is 0.0436. The number of aromatic nitrogens is 1. The van der Waals surface area contributed by atoms with E-state index in [4.69, 9.17) is 23.2 Å². The van der Waals surface area contributed by atoms with E-state index in [1.165, 1.54) is 0 Å². The number of hydrogen-bond donors (Lipinski definition) is 0. The van der Waals surface area contributed by atoms with Crippen molar-refractivity contribution in [2.45, 2.75) is 11.4 Å². The second kappa shape index (κ2) is 6.16. The first-order valence-corrected chi connectivity index (χ1v) is 10.2. The van der Waals surface area contributed by atoms with Crippen LogP contribution in [-0.2, 0) is 16.4 Å². The first kappa shape index (κ1) is 16.6. The van der Waals surface area contributed by atoms with Crippen molar-refractivity contribution >= 4 is 49.8 Å². The van der Waals surface area contributed by atoms with Crippen molar-refractivity contribution in [1.82, 2.24) is 4.98 Å². The predicted molar refractivity (Wildman–Crippen MR) is 101 cm³/mol. The molecule has 4 nitrogen and oxygen atoms in total. The van der Waals surface area contributed by atoms with Gasteiger partial charge in [0, 0.05) is 23.5 Å². The van der Waals surface area contributed by atoms with Gasteiger partial charge in [-0.25, -0.2) is 13.4 Å². The van der Waals surface area contributed by atoms with Gasteiger partial charge in [-0.2, -0.15) is 0 Å². The molecular weight excluding hydrogens is 379 g/mol. The van der Waals surface area contributed by atoms with Gasteiger partial charge in [0.15, 0.2) is 9.84 Å². The second-order valence-corrected chi connectivity index (χ2v) is 8.89. The van der Waals surface area contributed by atoms with Gasteiger partial charge in [-0.05, 0) is 35.9 Å². The summed E-state index contributed by atoms with van der Waals surface area (Å²) in [6, 6.07) is 14.2. The Balaban J connectivity index is 1.81. The van der Waals surface area contributed by atoms with Crippen LogP contribution < -0.4 is 4.90 Å². The summed E-state index contributed by atoms with van der Waals surface area (Å²) < 4.78 is 25.0. The smallest absolute Gasteiger partial charge is 0.180 e. The fourth-order valence-corrected chi connectivity index (χ4v) is 4.98. The lowest BCUT2D eigenvalue weighted by Crippen LogP contribution is -2.26. The van der Waals surface area contributed by atoms with Crippen LogP contribution in [0.4, 0.5) is 5.82 Å². The quantitative estimate of drug-likeness (QED) is 0.617. The number of halogens is 2. The van der Waals surface area contributed by atoms with E-state index in [-0.39, 0.29) is 5.75 Å². The molecule has 0 saturated heterocycles. The number of pyridine rings is 1. The van der Waals surface area contributed by atoms with E-state index in [9.17, 15) is 8.42 Å². The Morgan fingerprint density at radius 3 is 2.68 bits per heavy atom. The molecule has 0 radical (unpaired) electrons. The first-order valence-electron chi connectivity index (χ1n) is 7.75. The van der Waals surface area contributed by atoms with Crippen molar-refractivity contribution in [1.29, 1.82) is 0 Å². The molecule has 0 N–H and O–H groups in total. The fraction of sp³-hybridized carbons (Fsp3) is 0.167. The lowest BCUT2D eigenvalue weighted by Gasteiger charge is -2.22. The molecule has 0 fully saturated rings. The number of fused-ring (bicyclic) bond motifs is 2. The maximum Gasteiger partial charge on any atom is 0.180 e. The van der Waals surface area contributed by atoms with E-state index < -0.39 is 9.84 Å². The molecule has 1 aromatic heterocycles. The third kappa shape index (κ3) is 3.08. The van der Waals surface area contributed by atoms with Gasteiger partial charge in [0.2, 0.25) is 0 Å². The van der Waals surface area contributed by atoms with E-state index in [0.29, 0.717) is 33.8 Å². The number of benzene rings is 2. The van der Waals surface area contributed by atoms with E-state index in [2.05, 4.69) is 4.98 Å². The molecule has 25 heavy (non-hydrogen) atoms. The van der Waals surface area contributed by atoms with Crippen LogP contribution in [0, 0.1) is 0 Å². The van der Waals surface area contributed by atoms with Crippen molar-refractivity contribution in [3.8, 4) is 0 Å². The zero-order valence-electron chi connectivity index (χ0n) is 13.1. The number of sulfone groups is 1. The maximum atomic E-state index is 12.5. The van der Waals surface area contributed by atoms with Gasteiger partial charge in [-0.15, -0.1) is 0 Å². The van der Waals surface area contributed by atoms with E-state index >= 15 is 0 Å². The summed E-state index contributed by atoms with van der Waals surface area (Å²) in [7, 11) is -3.30. The predicted octanol–water partition coefficient (Wildman–Crippen LogP) is 4.34. The van der Waals surface area contributed by atoms with E-state index in [0.717, 1.165) is 16.5 Å². The van der Waals surface area contributed by atoms with Crippen LogP contribution in [0.5, 0.6) is 0 Å². The van der Waals surface area contributed by atoms with Crippen LogP contribution in [0.3, 0.4) is 0 Å². The average molecular weight is 393 g/mol. The number of hydrogen-bond acceptors (Lipinski definition) is 4. The van der Waals surface area contributed by atoms with Crippen molar-refractivity contribution in [3.63, 3.8) is 0 Å². The molecule has 0 amide bonds. The Morgan fingerprint density at radius 2 is 1.84 bits per heavy atom. The zero-order valence-corrected chi connectivity index (χ0v) is 15.4. The summed E-state index contributed by atoms with van der Waals surface area (Å²) >= 11 is 12.4.